The fourth-order valence-electron chi connectivity index (χ4n) is 2.08. The Morgan fingerprint density at radius 1 is 1.40 bits per heavy atom. The maximum absolute atomic E-state index is 12.3. The van der Waals surface area contributed by atoms with Crippen molar-refractivity contribution in [3.05, 3.63) is 0 Å². The van der Waals surface area contributed by atoms with E-state index in [1.165, 1.54) is 4.90 Å². The molecule has 1 atom stereocenters. The van der Waals surface area contributed by atoms with Gasteiger partial charge in [-0.3, -0.25) is 4.79 Å². The first-order valence-electron chi connectivity index (χ1n) is 5.50. The SMILES string of the molecule is O=C(C(F)F)N(CC1CCCN1)C1CC1. The minimum Gasteiger partial charge on any atom is -0.333 e. The maximum atomic E-state index is 12.3. The van der Waals surface area contributed by atoms with Gasteiger partial charge in [0.15, 0.2) is 0 Å². The number of halogens is 2. The molecule has 15 heavy (non-hydrogen) atoms. The van der Waals surface area contributed by atoms with Crippen LogP contribution in [0.2, 0.25) is 0 Å². The molecule has 1 amide bonds. The zero-order valence-corrected chi connectivity index (χ0v) is 8.59. The van der Waals surface area contributed by atoms with Gasteiger partial charge in [0.05, 0.1) is 0 Å². The van der Waals surface area contributed by atoms with Crippen molar-refractivity contribution in [2.45, 2.75) is 44.2 Å². The molecule has 86 valence electrons. The lowest BCUT2D eigenvalue weighted by Gasteiger charge is -2.25. The van der Waals surface area contributed by atoms with Crippen molar-refractivity contribution >= 4 is 5.91 Å². The fraction of sp³-hybridized carbons (Fsp3) is 0.900. The van der Waals surface area contributed by atoms with Gasteiger partial charge in [0, 0.05) is 18.6 Å². The number of hydrogen-bond donors (Lipinski definition) is 1. The number of rotatable bonds is 4. The molecule has 1 unspecified atom stereocenters. The normalized spacial score (nSPS) is 25.9. The lowest BCUT2D eigenvalue weighted by Crippen LogP contribution is -2.44. The third kappa shape index (κ3) is 2.65. The number of alkyl halides is 2. The van der Waals surface area contributed by atoms with Crippen molar-refractivity contribution in [3.8, 4) is 0 Å². The monoisotopic (exact) mass is 218 g/mol. The lowest BCUT2D eigenvalue weighted by atomic mass is 10.2. The molecule has 2 rings (SSSR count). The van der Waals surface area contributed by atoms with E-state index in [-0.39, 0.29) is 12.1 Å². The highest BCUT2D eigenvalue weighted by Crippen LogP contribution is 2.28. The first-order chi connectivity index (χ1) is 7.18. The molecule has 0 bridgehead atoms. The van der Waals surface area contributed by atoms with Crippen molar-refractivity contribution in [1.82, 2.24) is 10.2 Å². The summed E-state index contributed by atoms with van der Waals surface area (Å²) in [6.45, 7) is 1.39. The predicted octanol–water partition coefficient (Wildman–Crippen LogP) is 0.994. The number of carbonyl (C=O) groups excluding carboxylic acids is 1. The summed E-state index contributed by atoms with van der Waals surface area (Å²) < 4.78 is 24.7. The van der Waals surface area contributed by atoms with E-state index in [4.69, 9.17) is 0 Å². The van der Waals surface area contributed by atoms with E-state index < -0.39 is 12.3 Å². The second kappa shape index (κ2) is 4.43. The molecule has 5 heteroatoms. The molecule has 1 saturated carbocycles. The largest absolute Gasteiger partial charge is 0.333 e. The van der Waals surface area contributed by atoms with Crippen LogP contribution in [0.1, 0.15) is 25.7 Å². The van der Waals surface area contributed by atoms with Gasteiger partial charge in [-0.2, -0.15) is 8.78 Å². The smallest absolute Gasteiger partial charge is 0.315 e. The van der Waals surface area contributed by atoms with Crippen LogP contribution >= 0.6 is 0 Å². The minimum atomic E-state index is -2.85. The van der Waals surface area contributed by atoms with Gasteiger partial charge in [-0.05, 0) is 32.2 Å². The summed E-state index contributed by atoms with van der Waals surface area (Å²) in [6, 6.07) is 0.294. The number of nitrogens with zero attached hydrogens (tertiary/aromatic N) is 1. The lowest BCUT2D eigenvalue weighted by molar-refractivity contribution is -0.143. The molecule has 3 nitrogen and oxygen atoms in total. The van der Waals surface area contributed by atoms with Crippen LogP contribution in [0.5, 0.6) is 0 Å². The summed E-state index contributed by atoms with van der Waals surface area (Å²) in [4.78, 5) is 12.6. The van der Waals surface area contributed by atoms with Gasteiger partial charge >= 0.3 is 6.43 Å². The third-order valence-electron chi connectivity index (χ3n) is 3.04. The standard InChI is InChI=1S/C10H16F2N2O/c11-9(12)10(15)14(8-3-4-8)6-7-2-1-5-13-7/h7-9,13H,1-6H2. The van der Waals surface area contributed by atoms with Crippen molar-refractivity contribution in [2.75, 3.05) is 13.1 Å². The zero-order valence-electron chi connectivity index (χ0n) is 8.59. The van der Waals surface area contributed by atoms with Gasteiger partial charge in [0.1, 0.15) is 0 Å². The maximum Gasteiger partial charge on any atom is 0.315 e. The number of hydrogen-bond acceptors (Lipinski definition) is 2. The van der Waals surface area contributed by atoms with Crippen LogP contribution in [0.25, 0.3) is 0 Å². The topological polar surface area (TPSA) is 32.3 Å². The highest BCUT2D eigenvalue weighted by Gasteiger charge is 2.37. The summed E-state index contributed by atoms with van der Waals surface area (Å²) in [5, 5.41) is 3.22. The van der Waals surface area contributed by atoms with E-state index in [0.717, 1.165) is 32.2 Å². The highest BCUT2D eigenvalue weighted by molar-refractivity contribution is 5.80. The number of amides is 1. The Labute approximate surface area is 87.8 Å². The van der Waals surface area contributed by atoms with E-state index >= 15 is 0 Å². The molecule has 1 aliphatic heterocycles. The van der Waals surface area contributed by atoms with Crippen molar-refractivity contribution < 1.29 is 13.6 Å². The third-order valence-corrected chi connectivity index (χ3v) is 3.04. The van der Waals surface area contributed by atoms with E-state index in [9.17, 15) is 13.6 Å². The van der Waals surface area contributed by atoms with E-state index in [0.29, 0.717) is 6.54 Å². The number of carbonyl (C=O) groups is 1. The molecular weight excluding hydrogens is 202 g/mol. The number of nitrogens with one attached hydrogen (secondary N) is 1. The zero-order chi connectivity index (χ0) is 10.8. The minimum absolute atomic E-state index is 0.0777. The van der Waals surface area contributed by atoms with Crippen molar-refractivity contribution in [1.29, 1.82) is 0 Å². The summed E-state index contributed by atoms with van der Waals surface area (Å²) in [6.07, 6.45) is 0.967. The van der Waals surface area contributed by atoms with Crippen LogP contribution in [0.15, 0.2) is 0 Å². The molecule has 2 fully saturated rings. The van der Waals surface area contributed by atoms with Gasteiger partial charge in [-0.15, -0.1) is 0 Å². The Hall–Kier alpha value is -0.710. The Bertz CT molecular complexity index is 238. The van der Waals surface area contributed by atoms with Crippen molar-refractivity contribution in [2.24, 2.45) is 0 Å². The summed E-state index contributed by atoms with van der Waals surface area (Å²) >= 11 is 0. The second-order valence-corrected chi connectivity index (χ2v) is 4.32. The van der Waals surface area contributed by atoms with Crippen molar-refractivity contribution in [3.63, 3.8) is 0 Å². The van der Waals surface area contributed by atoms with Crippen LogP contribution in [0.3, 0.4) is 0 Å². The van der Waals surface area contributed by atoms with Gasteiger partial charge in [0.2, 0.25) is 0 Å². The highest BCUT2D eigenvalue weighted by atomic mass is 19.3. The molecule has 0 aromatic heterocycles. The first kappa shape index (κ1) is 10.8. The summed E-state index contributed by atoms with van der Waals surface area (Å²) in [5.41, 5.74) is 0. The quantitative estimate of drug-likeness (QED) is 0.763. The molecule has 1 aliphatic carbocycles. The van der Waals surface area contributed by atoms with E-state index in [1.54, 1.807) is 0 Å². The Kier molecular flexibility index (Phi) is 3.19. The van der Waals surface area contributed by atoms with E-state index in [1.807, 2.05) is 0 Å². The molecular formula is C10H16F2N2O. The molecule has 2 aliphatic rings. The predicted molar refractivity (Wildman–Crippen MR) is 51.8 cm³/mol. The average molecular weight is 218 g/mol. The van der Waals surface area contributed by atoms with Crippen LogP contribution in [0.4, 0.5) is 8.78 Å². The molecule has 0 aromatic carbocycles. The van der Waals surface area contributed by atoms with Crippen LogP contribution in [-0.4, -0.2) is 42.4 Å². The van der Waals surface area contributed by atoms with E-state index in [2.05, 4.69) is 5.32 Å². The van der Waals surface area contributed by atoms with Crippen LogP contribution in [0, 0.1) is 0 Å². The van der Waals surface area contributed by atoms with Gasteiger partial charge in [-0.1, -0.05) is 0 Å². The molecule has 1 N–H and O–H groups in total. The second-order valence-electron chi connectivity index (χ2n) is 4.32. The Morgan fingerprint density at radius 2 is 2.13 bits per heavy atom. The molecule has 1 saturated heterocycles. The van der Waals surface area contributed by atoms with Gasteiger partial charge in [0.25, 0.3) is 5.91 Å². The molecule has 0 spiro atoms. The Morgan fingerprint density at radius 3 is 2.60 bits per heavy atom. The van der Waals surface area contributed by atoms with Gasteiger partial charge < -0.3 is 10.2 Å². The Balaban J connectivity index is 1.90. The summed E-state index contributed by atoms with van der Waals surface area (Å²) in [5.74, 6) is -0.994. The molecule has 1 heterocycles. The molecule has 0 aromatic rings. The van der Waals surface area contributed by atoms with Crippen LogP contribution < -0.4 is 5.32 Å². The first-order valence-corrected chi connectivity index (χ1v) is 5.50. The van der Waals surface area contributed by atoms with Gasteiger partial charge in [-0.25, -0.2) is 0 Å². The average Bonchev–Trinajstić information content (AvgIpc) is 2.92. The molecule has 0 radical (unpaired) electrons. The fourth-order valence-corrected chi connectivity index (χ4v) is 2.08. The van der Waals surface area contributed by atoms with Crippen LogP contribution in [-0.2, 0) is 4.79 Å². The summed E-state index contributed by atoms with van der Waals surface area (Å²) in [7, 11) is 0.